The average Bonchev–Trinajstić information content (AvgIpc) is 3.30. The second-order valence-corrected chi connectivity index (χ2v) is 8.53. The first-order chi connectivity index (χ1) is 15.6. The summed E-state index contributed by atoms with van der Waals surface area (Å²) in [6.07, 6.45) is 0.382. The molecule has 2 heterocycles. The van der Waals surface area contributed by atoms with Crippen molar-refractivity contribution < 1.29 is 9.53 Å². The predicted molar refractivity (Wildman–Crippen MR) is 129 cm³/mol. The standard InChI is InChI=1S/C24H27N5O2S/c1-17-23(18(2)29(27-17)19-9-5-4-6-10-19)26-22(30)13-16-32-24-25-20-11-7-8-12-21(20)28(24)14-15-31-3/h4-12H,13-16H2,1-3H3,(H,26,30). The van der Waals surface area contributed by atoms with E-state index in [9.17, 15) is 4.79 Å². The van der Waals surface area contributed by atoms with Crippen molar-refractivity contribution in [1.29, 1.82) is 0 Å². The number of nitrogens with one attached hydrogen (secondary N) is 1. The molecule has 0 aliphatic heterocycles. The van der Waals surface area contributed by atoms with Gasteiger partial charge in [-0.1, -0.05) is 42.1 Å². The average molecular weight is 450 g/mol. The van der Waals surface area contributed by atoms with Crippen LogP contribution in [0.25, 0.3) is 16.7 Å². The smallest absolute Gasteiger partial charge is 0.225 e. The lowest BCUT2D eigenvalue weighted by Crippen LogP contribution is -2.14. The molecule has 1 amide bonds. The fraction of sp³-hybridized carbons (Fsp3) is 0.292. The number of aryl methyl sites for hydroxylation is 1. The third kappa shape index (κ3) is 4.71. The summed E-state index contributed by atoms with van der Waals surface area (Å²) in [6, 6.07) is 18.0. The Morgan fingerprint density at radius 1 is 1.09 bits per heavy atom. The monoisotopic (exact) mass is 449 g/mol. The minimum Gasteiger partial charge on any atom is -0.383 e. The van der Waals surface area contributed by atoms with Gasteiger partial charge in [-0.05, 0) is 38.1 Å². The highest BCUT2D eigenvalue weighted by molar-refractivity contribution is 7.99. The Hall–Kier alpha value is -3.10. The topological polar surface area (TPSA) is 74.0 Å². The summed E-state index contributed by atoms with van der Waals surface area (Å²) in [5.41, 5.74) is 5.49. The van der Waals surface area contributed by atoms with E-state index in [1.54, 1.807) is 18.9 Å². The van der Waals surface area contributed by atoms with Crippen LogP contribution in [0.2, 0.25) is 0 Å². The largest absolute Gasteiger partial charge is 0.383 e. The van der Waals surface area contributed by atoms with Crippen LogP contribution in [-0.4, -0.2) is 44.7 Å². The summed E-state index contributed by atoms with van der Waals surface area (Å²) in [7, 11) is 1.69. The summed E-state index contributed by atoms with van der Waals surface area (Å²) in [6.45, 7) is 5.21. The molecule has 2 aromatic heterocycles. The Morgan fingerprint density at radius 3 is 2.62 bits per heavy atom. The highest BCUT2D eigenvalue weighted by Gasteiger charge is 2.16. The Bertz CT molecular complexity index is 1220. The SMILES string of the molecule is COCCn1c(SCCC(=O)Nc2c(C)nn(-c3ccccc3)c2C)nc2ccccc21. The molecule has 7 nitrogen and oxygen atoms in total. The zero-order valence-corrected chi connectivity index (χ0v) is 19.4. The molecule has 0 bridgehead atoms. The molecule has 0 aliphatic rings. The van der Waals surface area contributed by atoms with Gasteiger partial charge in [0, 0.05) is 25.8 Å². The number of methoxy groups -OCH3 is 1. The van der Waals surface area contributed by atoms with Gasteiger partial charge in [0.1, 0.15) is 0 Å². The molecular formula is C24H27N5O2S. The Balaban J connectivity index is 1.41. The van der Waals surface area contributed by atoms with Gasteiger partial charge in [0.05, 0.1) is 40.4 Å². The summed E-state index contributed by atoms with van der Waals surface area (Å²) in [4.78, 5) is 17.4. The fourth-order valence-corrected chi connectivity index (χ4v) is 4.62. The van der Waals surface area contributed by atoms with Crippen molar-refractivity contribution in [3.63, 3.8) is 0 Å². The van der Waals surface area contributed by atoms with E-state index in [2.05, 4.69) is 21.0 Å². The molecule has 0 spiro atoms. The Kier molecular flexibility index (Phi) is 6.92. The van der Waals surface area contributed by atoms with Crippen molar-refractivity contribution in [3.8, 4) is 5.69 Å². The van der Waals surface area contributed by atoms with E-state index >= 15 is 0 Å². The van der Waals surface area contributed by atoms with Crippen LogP contribution in [0.5, 0.6) is 0 Å². The van der Waals surface area contributed by atoms with Crippen LogP contribution in [0.4, 0.5) is 5.69 Å². The lowest BCUT2D eigenvalue weighted by molar-refractivity contribution is -0.115. The third-order valence-corrected chi connectivity index (χ3v) is 6.23. The van der Waals surface area contributed by atoms with Gasteiger partial charge >= 0.3 is 0 Å². The number of thioether (sulfide) groups is 1. The summed E-state index contributed by atoms with van der Waals surface area (Å²) < 4.78 is 9.27. The number of carbonyl (C=O) groups excluding carboxylic acids is 1. The number of nitrogens with zero attached hydrogens (tertiary/aromatic N) is 4. The lowest BCUT2D eigenvalue weighted by atomic mass is 10.3. The van der Waals surface area contributed by atoms with Gasteiger partial charge in [-0.3, -0.25) is 4.79 Å². The van der Waals surface area contributed by atoms with Crippen molar-refractivity contribution in [1.82, 2.24) is 19.3 Å². The van der Waals surface area contributed by atoms with E-state index < -0.39 is 0 Å². The quantitative estimate of drug-likeness (QED) is 0.378. The number of imidazole rings is 1. The van der Waals surface area contributed by atoms with Crippen molar-refractivity contribution in [3.05, 3.63) is 66.0 Å². The first kappa shape index (κ1) is 22.1. The van der Waals surface area contributed by atoms with Crippen molar-refractivity contribution in [2.24, 2.45) is 0 Å². The third-order valence-electron chi connectivity index (χ3n) is 5.26. The maximum absolute atomic E-state index is 12.7. The normalized spacial score (nSPS) is 11.2. The summed E-state index contributed by atoms with van der Waals surface area (Å²) in [5, 5.41) is 8.55. The molecule has 0 saturated heterocycles. The number of anilines is 1. The van der Waals surface area contributed by atoms with E-state index in [1.807, 2.05) is 67.1 Å². The number of hydrogen-bond donors (Lipinski definition) is 1. The van der Waals surface area contributed by atoms with Gasteiger partial charge in [-0.15, -0.1) is 0 Å². The van der Waals surface area contributed by atoms with Gasteiger partial charge in [0.2, 0.25) is 5.91 Å². The van der Waals surface area contributed by atoms with E-state index in [4.69, 9.17) is 9.72 Å². The highest BCUT2D eigenvalue weighted by atomic mass is 32.2. The van der Waals surface area contributed by atoms with Crippen molar-refractivity contribution in [2.75, 3.05) is 24.8 Å². The van der Waals surface area contributed by atoms with Crippen LogP contribution >= 0.6 is 11.8 Å². The molecule has 8 heteroatoms. The molecule has 32 heavy (non-hydrogen) atoms. The maximum Gasteiger partial charge on any atom is 0.225 e. The minimum atomic E-state index is -0.0316. The second-order valence-electron chi connectivity index (χ2n) is 7.47. The number of hydrogen-bond acceptors (Lipinski definition) is 5. The van der Waals surface area contributed by atoms with Gasteiger partial charge in [-0.25, -0.2) is 9.67 Å². The molecule has 0 saturated carbocycles. The van der Waals surface area contributed by atoms with Gasteiger partial charge in [0.15, 0.2) is 5.16 Å². The maximum atomic E-state index is 12.7. The van der Waals surface area contributed by atoms with E-state index in [-0.39, 0.29) is 5.91 Å². The lowest BCUT2D eigenvalue weighted by Gasteiger charge is -2.09. The zero-order chi connectivity index (χ0) is 22.5. The molecule has 2 aromatic carbocycles. The molecule has 4 rings (SSSR count). The van der Waals surface area contributed by atoms with E-state index in [0.29, 0.717) is 18.8 Å². The number of fused-ring (bicyclic) bond motifs is 1. The molecule has 166 valence electrons. The number of ether oxygens (including phenoxy) is 1. The summed E-state index contributed by atoms with van der Waals surface area (Å²) >= 11 is 1.59. The predicted octanol–water partition coefficient (Wildman–Crippen LogP) is 4.61. The Labute approximate surface area is 191 Å². The first-order valence-electron chi connectivity index (χ1n) is 10.6. The van der Waals surface area contributed by atoms with Crippen LogP contribution in [0.15, 0.2) is 59.8 Å². The number of rotatable bonds is 9. The van der Waals surface area contributed by atoms with Crippen molar-refractivity contribution >= 4 is 34.4 Å². The van der Waals surface area contributed by atoms with Gasteiger partial charge in [0.25, 0.3) is 0 Å². The van der Waals surface area contributed by atoms with Crippen LogP contribution in [-0.2, 0) is 16.1 Å². The fourth-order valence-electron chi connectivity index (χ4n) is 3.64. The number of amides is 1. The van der Waals surface area contributed by atoms with Crippen LogP contribution in [0.1, 0.15) is 17.8 Å². The van der Waals surface area contributed by atoms with Crippen LogP contribution < -0.4 is 5.32 Å². The minimum absolute atomic E-state index is 0.0316. The molecule has 0 aliphatic carbocycles. The number of carbonyl (C=O) groups is 1. The molecule has 1 N–H and O–H groups in total. The van der Waals surface area contributed by atoms with Gasteiger partial charge < -0.3 is 14.6 Å². The highest BCUT2D eigenvalue weighted by Crippen LogP contribution is 2.26. The second kappa shape index (κ2) is 10.0. The number of para-hydroxylation sites is 3. The van der Waals surface area contributed by atoms with E-state index in [1.165, 1.54) is 0 Å². The number of aromatic nitrogens is 4. The molecule has 0 fully saturated rings. The molecule has 0 radical (unpaired) electrons. The molecule has 0 unspecified atom stereocenters. The Morgan fingerprint density at radius 2 is 1.84 bits per heavy atom. The first-order valence-corrected chi connectivity index (χ1v) is 11.6. The van der Waals surface area contributed by atoms with Crippen LogP contribution in [0, 0.1) is 13.8 Å². The van der Waals surface area contributed by atoms with Crippen molar-refractivity contribution in [2.45, 2.75) is 32.0 Å². The molecular weight excluding hydrogens is 422 g/mol. The number of benzene rings is 2. The van der Waals surface area contributed by atoms with E-state index in [0.717, 1.165) is 45.5 Å². The molecule has 4 aromatic rings. The summed E-state index contributed by atoms with van der Waals surface area (Å²) in [5.74, 6) is 0.600. The van der Waals surface area contributed by atoms with Gasteiger partial charge in [-0.2, -0.15) is 5.10 Å². The van der Waals surface area contributed by atoms with Crippen LogP contribution in [0.3, 0.4) is 0 Å². The zero-order valence-electron chi connectivity index (χ0n) is 18.5. The molecule has 0 atom stereocenters.